The number of amides is 1. The molecule has 0 aliphatic rings. The molecule has 0 radical (unpaired) electrons. The van der Waals surface area contributed by atoms with E-state index in [4.69, 9.17) is 9.47 Å². The average molecular weight is 395 g/mol. The number of hydrogen-bond acceptors (Lipinski definition) is 5. The number of aromatic nitrogens is 1. The smallest absolute Gasteiger partial charge is 0.257 e. The van der Waals surface area contributed by atoms with Gasteiger partial charge in [0.25, 0.3) is 5.91 Å². The van der Waals surface area contributed by atoms with Crippen LogP contribution in [0.15, 0.2) is 60.8 Å². The first-order chi connectivity index (χ1) is 14.1. The zero-order valence-corrected chi connectivity index (χ0v) is 16.2. The molecule has 0 aliphatic heterocycles. The van der Waals surface area contributed by atoms with Crippen molar-refractivity contribution in [1.29, 1.82) is 0 Å². The zero-order chi connectivity index (χ0) is 20.6. The highest BCUT2D eigenvalue weighted by Crippen LogP contribution is 2.29. The van der Waals surface area contributed by atoms with Gasteiger partial charge in [0, 0.05) is 24.5 Å². The molecule has 2 aromatic carbocycles. The second kappa shape index (κ2) is 9.54. The third kappa shape index (κ3) is 5.22. The number of methoxy groups -OCH3 is 2. The summed E-state index contributed by atoms with van der Waals surface area (Å²) in [6.45, 7) is 0.533. The van der Waals surface area contributed by atoms with Gasteiger partial charge in [-0.2, -0.15) is 0 Å². The van der Waals surface area contributed by atoms with Crippen molar-refractivity contribution in [3.63, 3.8) is 0 Å². The number of halogens is 1. The van der Waals surface area contributed by atoms with E-state index in [1.54, 1.807) is 49.6 Å². The lowest BCUT2D eigenvalue weighted by molar-refractivity contribution is 0.102. The average Bonchev–Trinajstić information content (AvgIpc) is 2.75. The molecule has 0 saturated carbocycles. The summed E-state index contributed by atoms with van der Waals surface area (Å²) >= 11 is 0. The Morgan fingerprint density at radius 2 is 1.83 bits per heavy atom. The van der Waals surface area contributed by atoms with E-state index in [1.807, 2.05) is 6.07 Å². The Kier molecular flexibility index (Phi) is 6.63. The molecule has 0 bridgehead atoms. The molecule has 29 heavy (non-hydrogen) atoms. The highest BCUT2D eigenvalue weighted by atomic mass is 19.1. The van der Waals surface area contributed by atoms with Gasteiger partial charge >= 0.3 is 0 Å². The van der Waals surface area contributed by atoms with Crippen molar-refractivity contribution in [3.05, 3.63) is 77.7 Å². The number of hydrogen-bond donors (Lipinski definition) is 2. The van der Waals surface area contributed by atoms with Crippen molar-refractivity contribution in [1.82, 2.24) is 4.98 Å². The van der Waals surface area contributed by atoms with Crippen LogP contribution in [0.2, 0.25) is 0 Å². The molecule has 6 nitrogen and oxygen atoms in total. The third-order valence-corrected chi connectivity index (χ3v) is 4.33. The summed E-state index contributed by atoms with van der Waals surface area (Å²) < 4.78 is 24.0. The van der Waals surface area contributed by atoms with Crippen LogP contribution >= 0.6 is 0 Å². The SMILES string of the molecule is COc1ccc(NC(=O)c2ccc(NCCc3ccccc3F)nc2)cc1OC. The quantitative estimate of drug-likeness (QED) is 0.600. The van der Waals surface area contributed by atoms with Gasteiger partial charge in [0.1, 0.15) is 11.6 Å². The fourth-order valence-electron chi connectivity index (χ4n) is 2.78. The van der Waals surface area contributed by atoms with Gasteiger partial charge in [-0.15, -0.1) is 0 Å². The van der Waals surface area contributed by atoms with Gasteiger partial charge in [-0.3, -0.25) is 4.79 Å². The van der Waals surface area contributed by atoms with Gasteiger partial charge in [0.2, 0.25) is 0 Å². The second-order valence-electron chi connectivity index (χ2n) is 6.22. The largest absolute Gasteiger partial charge is 0.493 e. The normalized spacial score (nSPS) is 10.3. The monoisotopic (exact) mass is 395 g/mol. The number of anilines is 2. The van der Waals surface area contributed by atoms with Crippen LogP contribution in [0.1, 0.15) is 15.9 Å². The van der Waals surface area contributed by atoms with Gasteiger partial charge in [-0.1, -0.05) is 18.2 Å². The number of carbonyl (C=O) groups excluding carboxylic acids is 1. The number of ether oxygens (including phenoxy) is 2. The maximum atomic E-state index is 13.6. The Bertz CT molecular complexity index is 977. The number of benzene rings is 2. The van der Waals surface area contributed by atoms with Crippen molar-refractivity contribution < 1.29 is 18.7 Å². The van der Waals surface area contributed by atoms with E-state index >= 15 is 0 Å². The van der Waals surface area contributed by atoms with Gasteiger partial charge in [-0.25, -0.2) is 9.37 Å². The van der Waals surface area contributed by atoms with E-state index in [2.05, 4.69) is 15.6 Å². The van der Waals surface area contributed by atoms with E-state index in [0.717, 1.165) is 0 Å². The van der Waals surface area contributed by atoms with Crippen molar-refractivity contribution in [2.45, 2.75) is 6.42 Å². The van der Waals surface area contributed by atoms with Gasteiger partial charge in [0.05, 0.1) is 19.8 Å². The Labute approximate surface area is 168 Å². The third-order valence-electron chi connectivity index (χ3n) is 4.33. The lowest BCUT2D eigenvalue weighted by atomic mass is 10.1. The van der Waals surface area contributed by atoms with Gasteiger partial charge in [0.15, 0.2) is 11.5 Å². The van der Waals surface area contributed by atoms with Crippen LogP contribution in [-0.2, 0) is 6.42 Å². The van der Waals surface area contributed by atoms with E-state index in [9.17, 15) is 9.18 Å². The molecular formula is C22H22FN3O3. The van der Waals surface area contributed by atoms with Crippen molar-refractivity contribution in [3.8, 4) is 11.5 Å². The molecule has 1 heterocycles. The first-order valence-electron chi connectivity index (χ1n) is 9.07. The molecule has 0 unspecified atom stereocenters. The van der Waals surface area contributed by atoms with E-state index < -0.39 is 0 Å². The first-order valence-corrected chi connectivity index (χ1v) is 9.07. The standard InChI is InChI=1S/C22H22FN3O3/c1-28-19-9-8-17(13-20(19)29-2)26-22(27)16-7-10-21(25-14-16)24-12-11-15-5-3-4-6-18(15)23/h3-10,13-14H,11-12H2,1-2H3,(H,24,25)(H,26,27). The summed E-state index contributed by atoms with van der Waals surface area (Å²) in [5, 5.41) is 5.92. The molecule has 3 rings (SSSR count). The van der Waals surface area contributed by atoms with Crippen molar-refractivity contribution >= 4 is 17.4 Å². The Morgan fingerprint density at radius 1 is 1.03 bits per heavy atom. The van der Waals surface area contributed by atoms with Crippen molar-refractivity contribution in [2.24, 2.45) is 0 Å². The highest BCUT2D eigenvalue weighted by Gasteiger charge is 2.10. The summed E-state index contributed by atoms with van der Waals surface area (Å²) in [6, 6.07) is 15.2. The Hall–Kier alpha value is -3.61. The van der Waals surface area contributed by atoms with Crippen LogP contribution in [0.4, 0.5) is 15.9 Å². The maximum Gasteiger partial charge on any atom is 0.257 e. The lowest BCUT2D eigenvalue weighted by Crippen LogP contribution is -2.13. The Balaban J connectivity index is 1.56. The minimum Gasteiger partial charge on any atom is -0.493 e. The molecule has 3 aromatic rings. The van der Waals surface area contributed by atoms with E-state index in [0.29, 0.717) is 47.1 Å². The molecule has 0 saturated heterocycles. The number of carbonyl (C=O) groups is 1. The van der Waals surface area contributed by atoms with E-state index in [-0.39, 0.29) is 11.7 Å². The summed E-state index contributed by atoms with van der Waals surface area (Å²) in [5.74, 6) is 1.21. The summed E-state index contributed by atoms with van der Waals surface area (Å²) in [6.07, 6.45) is 2.03. The molecular weight excluding hydrogens is 373 g/mol. The molecule has 150 valence electrons. The highest BCUT2D eigenvalue weighted by molar-refractivity contribution is 6.04. The Morgan fingerprint density at radius 3 is 2.52 bits per heavy atom. The first kappa shape index (κ1) is 20.1. The molecule has 0 fully saturated rings. The molecule has 1 aromatic heterocycles. The van der Waals surface area contributed by atoms with Crippen LogP contribution in [0.5, 0.6) is 11.5 Å². The number of nitrogens with one attached hydrogen (secondary N) is 2. The van der Waals surface area contributed by atoms with Crippen LogP contribution in [-0.4, -0.2) is 31.7 Å². The zero-order valence-electron chi connectivity index (χ0n) is 16.2. The summed E-state index contributed by atoms with van der Waals surface area (Å²) in [5.41, 5.74) is 1.64. The van der Waals surface area contributed by atoms with Gasteiger partial charge < -0.3 is 20.1 Å². The van der Waals surface area contributed by atoms with Crippen LogP contribution in [0.25, 0.3) is 0 Å². The maximum absolute atomic E-state index is 13.6. The molecule has 0 spiro atoms. The molecule has 2 N–H and O–H groups in total. The van der Waals surface area contributed by atoms with Crippen molar-refractivity contribution in [2.75, 3.05) is 31.4 Å². The van der Waals surface area contributed by atoms with Crippen LogP contribution in [0.3, 0.4) is 0 Å². The topological polar surface area (TPSA) is 72.5 Å². The predicted octanol–water partition coefficient (Wildman–Crippen LogP) is 4.14. The summed E-state index contributed by atoms with van der Waals surface area (Å²) in [4.78, 5) is 16.7. The second-order valence-corrected chi connectivity index (χ2v) is 6.22. The van der Waals surface area contributed by atoms with E-state index in [1.165, 1.54) is 19.4 Å². The minimum atomic E-state index is -0.289. The number of pyridine rings is 1. The molecule has 7 heteroatoms. The fraction of sp³-hybridized carbons (Fsp3) is 0.182. The minimum absolute atomic E-state index is 0.218. The molecule has 0 atom stereocenters. The molecule has 1 amide bonds. The predicted molar refractivity (Wildman–Crippen MR) is 110 cm³/mol. The van der Waals surface area contributed by atoms with Crippen LogP contribution < -0.4 is 20.1 Å². The molecule has 0 aliphatic carbocycles. The lowest BCUT2D eigenvalue weighted by Gasteiger charge is -2.11. The summed E-state index contributed by atoms with van der Waals surface area (Å²) in [7, 11) is 3.08. The fourth-order valence-corrected chi connectivity index (χ4v) is 2.78. The number of rotatable bonds is 8. The number of nitrogens with zero attached hydrogens (tertiary/aromatic N) is 1. The van der Waals surface area contributed by atoms with Crippen LogP contribution in [0, 0.1) is 5.82 Å². The van der Waals surface area contributed by atoms with Gasteiger partial charge in [-0.05, 0) is 42.3 Å².